The molecule has 86 valence electrons. The lowest BCUT2D eigenvalue weighted by atomic mass is 9.64. The molecule has 16 heavy (non-hydrogen) atoms. The van der Waals surface area contributed by atoms with Gasteiger partial charge in [-0.1, -0.05) is 12.5 Å². The molecule has 0 bridgehead atoms. The minimum absolute atomic E-state index is 0.106. The summed E-state index contributed by atoms with van der Waals surface area (Å²) in [6, 6.07) is 5.18. The highest BCUT2D eigenvalue weighted by Gasteiger charge is 2.48. The van der Waals surface area contributed by atoms with Crippen molar-refractivity contribution in [3.05, 3.63) is 23.8 Å². The summed E-state index contributed by atoms with van der Waals surface area (Å²) in [5.74, 6) is -0.718. The summed E-state index contributed by atoms with van der Waals surface area (Å²) in [7, 11) is 0. The Morgan fingerprint density at radius 2 is 2.12 bits per heavy atom. The lowest BCUT2D eigenvalue weighted by Crippen LogP contribution is -2.42. The molecule has 0 saturated heterocycles. The van der Waals surface area contributed by atoms with Gasteiger partial charge in [-0.05, 0) is 31.2 Å². The van der Waals surface area contributed by atoms with E-state index in [1.54, 1.807) is 12.1 Å². The van der Waals surface area contributed by atoms with E-state index in [-0.39, 0.29) is 5.75 Å². The van der Waals surface area contributed by atoms with Crippen LogP contribution in [0.4, 0.5) is 0 Å². The summed E-state index contributed by atoms with van der Waals surface area (Å²) in [4.78, 5) is 12.3. The number of aromatic hydroxyl groups is 1. The van der Waals surface area contributed by atoms with Gasteiger partial charge in [-0.3, -0.25) is 4.79 Å². The van der Waals surface area contributed by atoms with Crippen molar-refractivity contribution < 1.29 is 15.0 Å². The molecule has 2 N–H and O–H groups in total. The zero-order chi connectivity index (χ0) is 11.8. The van der Waals surface area contributed by atoms with E-state index in [1.807, 2.05) is 12.3 Å². The van der Waals surface area contributed by atoms with Gasteiger partial charge in [-0.25, -0.2) is 0 Å². The predicted octanol–water partition coefficient (Wildman–Crippen LogP) is 2.62. The van der Waals surface area contributed by atoms with E-state index in [0.717, 1.165) is 11.3 Å². The second kappa shape index (κ2) is 4.01. The van der Waals surface area contributed by atoms with Crippen LogP contribution in [0.3, 0.4) is 0 Å². The number of carboxylic acids is 1. The molecule has 0 heterocycles. The van der Waals surface area contributed by atoms with Crippen molar-refractivity contribution >= 4 is 17.7 Å². The quantitative estimate of drug-likeness (QED) is 0.795. The average molecular weight is 238 g/mol. The number of aliphatic carboxylic acids is 1. The van der Waals surface area contributed by atoms with Crippen molar-refractivity contribution in [3.63, 3.8) is 0 Å². The molecule has 2 rings (SSSR count). The lowest BCUT2D eigenvalue weighted by molar-refractivity contribution is -0.147. The molecule has 1 aliphatic carbocycles. The van der Waals surface area contributed by atoms with Crippen LogP contribution in [0.15, 0.2) is 23.1 Å². The molecule has 0 aromatic heterocycles. The molecule has 0 atom stereocenters. The number of rotatable bonds is 3. The smallest absolute Gasteiger partial charge is 0.314 e. The maximum atomic E-state index is 11.4. The summed E-state index contributed by atoms with van der Waals surface area (Å²) in [6.45, 7) is 0. The van der Waals surface area contributed by atoms with E-state index in [1.165, 1.54) is 11.8 Å². The van der Waals surface area contributed by atoms with Crippen molar-refractivity contribution in [2.45, 2.75) is 29.6 Å². The largest absolute Gasteiger partial charge is 0.508 e. The van der Waals surface area contributed by atoms with Gasteiger partial charge >= 0.3 is 5.97 Å². The van der Waals surface area contributed by atoms with Gasteiger partial charge in [0.05, 0.1) is 5.41 Å². The number of carboxylic acid groups (broad SMARTS) is 1. The maximum Gasteiger partial charge on any atom is 0.314 e. The molecule has 0 unspecified atom stereocenters. The van der Waals surface area contributed by atoms with E-state index < -0.39 is 11.4 Å². The zero-order valence-electron chi connectivity index (χ0n) is 9.06. The average Bonchev–Trinajstić information content (AvgIpc) is 2.18. The summed E-state index contributed by atoms with van der Waals surface area (Å²) in [6.07, 6.45) is 4.04. The first-order valence-electron chi connectivity index (χ1n) is 5.21. The van der Waals surface area contributed by atoms with Crippen LogP contribution >= 0.6 is 11.8 Å². The molecule has 1 fully saturated rings. The van der Waals surface area contributed by atoms with Crippen molar-refractivity contribution in [1.29, 1.82) is 0 Å². The van der Waals surface area contributed by atoms with E-state index >= 15 is 0 Å². The Kier molecular flexibility index (Phi) is 2.84. The SMILES string of the molecule is CSc1cccc(O)c1C1(C(=O)O)CCC1. The topological polar surface area (TPSA) is 57.5 Å². The van der Waals surface area contributed by atoms with E-state index in [2.05, 4.69) is 0 Å². The number of phenolic OH excluding ortho intramolecular Hbond substituents is 1. The van der Waals surface area contributed by atoms with Gasteiger partial charge in [0.15, 0.2) is 0 Å². The van der Waals surface area contributed by atoms with Gasteiger partial charge < -0.3 is 10.2 Å². The Morgan fingerprint density at radius 1 is 1.44 bits per heavy atom. The van der Waals surface area contributed by atoms with Gasteiger partial charge in [0.2, 0.25) is 0 Å². The van der Waals surface area contributed by atoms with Crippen LogP contribution in [0.25, 0.3) is 0 Å². The molecular formula is C12H14O3S. The van der Waals surface area contributed by atoms with Crippen LogP contribution in [0.1, 0.15) is 24.8 Å². The standard InChI is InChI=1S/C12H14O3S/c1-16-9-5-2-4-8(13)10(9)12(11(14)15)6-3-7-12/h2,4-5,13H,3,6-7H2,1H3,(H,14,15). The van der Waals surface area contributed by atoms with E-state index in [9.17, 15) is 15.0 Å². The molecule has 3 nitrogen and oxygen atoms in total. The molecule has 0 amide bonds. The van der Waals surface area contributed by atoms with E-state index in [4.69, 9.17) is 0 Å². The molecule has 1 aromatic carbocycles. The zero-order valence-corrected chi connectivity index (χ0v) is 9.88. The second-order valence-corrected chi connectivity index (χ2v) is 4.94. The minimum Gasteiger partial charge on any atom is -0.508 e. The Hall–Kier alpha value is -1.16. The number of hydrogen-bond donors (Lipinski definition) is 2. The number of carbonyl (C=O) groups is 1. The van der Waals surface area contributed by atoms with Crippen molar-refractivity contribution in [1.82, 2.24) is 0 Å². The van der Waals surface area contributed by atoms with Crippen molar-refractivity contribution in [3.8, 4) is 5.75 Å². The monoisotopic (exact) mass is 238 g/mol. The molecule has 1 aliphatic rings. The molecule has 1 saturated carbocycles. The lowest BCUT2D eigenvalue weighted by Gasteiger charge is -2.39. The Balaban J connectivity index is 2.57. The summed E-state index contributed by atoms with van der Waals surface area (Å²) < 4.78 is 0. The molecule has 0 spiro atoms. The van der Waals surface area contributed by atoms with Gasteiger partial charge in [0.1, 0.15) is 5.75 Å². The Bertz CT molecular complexity index is 424. The Labute approximate surface area is 98.5 Å². The Morgan fingerprint density at radius 3 is 2.56 bits per heavy atom. The van der Waals surface area contributed by atoms with Crippen LogP contribution in [-0.4, -0.2) is 22.4 Å². The summed E-state index contributed by atoms with van der Waals surface area (Å²) in [5, 5.41) is 19.3. The van der Waals surface area contributed by atoms with Crippen LogP contribution in [-0.2, 0) is 10.2 Å². The predicted molar refractivity (Wildman–Crippen MR) is 63.1 cm³/mol. The molecule has 0 aliphatic heterocycles. The van der Waals surface area contributed by atoms with Crippen LogP contribution in [0.5, 0.6) is 5.75 Å². The molecule has 1 aromatic rings. The molecule has 0 radical (unpaired) electrons. The van der Waals surface area contributed by atoms with Gasteiger partial charge in [0.25, 0.3) is 0 Å². The molecular weight excluding hydrogens is 224 g/mol. The summed E-state index contributed by atoms with van der Waals surface area (Å²) in [5.41, 5.74) is -0.259. The fraction of sp³-hybridized carbons (Fsp3) is 0.417. The summed E-state index contributed by atoms with van der Waals surface area (Å²) >= 11 is 1.48. The maximum absolute atomic E-state index is 11.4. The highest BCUT2D eigenvalue weighted by Crippen LogP contribution is 2.50. The van der Waals surface area contributed by atoms with Gasteiger partial charge in [0, 0.05) is 10.5 Å². The fourth-order valence-corrected chi connectivity index (χ4v) is 2.99. The highest BCUT2D eigenvalue weighted by atomic mass is 32.2. The van der Waals surface area contributed by atoms with Crippen molar-refractivity contribution in [2.75, 3.05) is 6.26 Å². The third-order valence-electron chi connectivity index (χ3n) is 3.32. The normalized spacial score (nSPS) is 17.8. The van der Waals surface area contributed by atoms with Crippen LogP contribution in [0, 0.1) is 0 Å². The van der Waals surface area contributed by atoms with Crippen molar-refractivity contribution in [2.24, 2.45) is 0 Å². The number of thioether (sulfide) groups is 1. The second-order valence-electron chi connectivity index (χ2n) is 4.10. The fourth-order valence-electron chi connectivity index (χ4n) is 2.27. The highest BCUT2D eigenvalue weighted by molar-refractivity contribution is 7.98. The third-order valence-corrected chi connectivity index (χ3v) is 4.10. The first-order valence-corrected chi connectivity index (χ1v) is 6.44. The molecule has 4 heteroatoms. The minimum atomic E-state index is -0.857. The number of phenols is 1. The van der Waals surface area contributed by atoms with Crippen LogP contribution < -0.4 is 0 Å². The third kappa shape index (κ3) is 1.48. The van der Waals surface area contributed by atoms with Gasteiger partial charge in [-0.15, -0.1) is 11.8 Å². The van der Waals surface area contributed by atoms with E-state index in [0.29, 0.717) is 18.4 Å². The number of benzene rings is 1. The number of hydrogen-bond acceptors (Lipinski definition) is 3. The first-order chi connectivity index (χ1) is 7.62. The first kappa shape index (κ1) is 11.3. The van der Waals surface area contributed by atoms with Crippen LogP contribution in [0.2, 0.25) is 0 Å². The van der Waals surface area contributed by atoms with Gasteiger partial charge in [-0.2, -0.15) is 0 Å².